The van der Waals surface area contributed by atoms with Crippen LogP contribution in [0.4, 0.5) is 0 Å². The van der Waals surface area contributed by atoms with Crippen molar-refractivity contribution in [2.45, 2.75) is 0 Å². The predicted octanol–water partition coefficient (Wildman–Crippen LogP) is -0.248. The number of hydrogen-bond acceptors (Lipinski definition) is 0. The van der Waals surface area contributed by atoms with Crippen molar-refractivity contribution in [2.75, 3.05) is 0 Å². The average molecular weight is 286 g/mol. The van der Waals surface area contributed by atoms with E-state index in [2.05, 4.69) is 0 Å². The van der Waals surface area contributed by atoms with Gasteiger partial charge in [0.25, 0.3) is 0 Å². The summed E-state index contributed by atoms with van der Waals surface area (Å²) in [5.41, 5.74) is 0. The SMILES string of the molecule is [Cu+2].[Cu+].[Cu+].[Cu].[O-2].[O-2]. The molecule has 56 valence electrons. The second-order valence-corrected chi connectivity index (χ2v) is 0. The van der Waals surface area contributed by atoms with Gasteiger partial charge in [0.2, 0.25) is 0 Å². The zero-order valence-corrected chi connectivity index (χ0v) is 5.79. The second kappa shape index (κ2) is 63.1. The van der Waals surface area contributed by atoms with Crippen LogP contribution in [0.25, 0.3) is 0 Å². The second-order valence-electron chi connectivity index (χ2n) is 0. The van der Waals surface area contributed by atoms with E-state index in [0.717, 1.165) is 0 Å². The zero-order valence-electron chi connectivity index (χ0n) is 2.02. The van der Waals surface area contributed by atoms with Gasteiger partial charge in [0.05, 0.1) is 0 Å². The van der Waals surface area contributed by atoms with E-state index in [1.807, 2.05) is 0 Å². The van der Waals surface area contributed by atoms with E-state index in [1.54, 1.807) is 0 Å². The van der Waals surface area contributed by atoms with Crippen LogP contribution < -0.4 is 0 Å². The molecule has 0 N–H and O–H groups in total. The Morgan fingerprint density at radius 2 is 0.667 bits per heavy atom. The fraction of sp³-hybridized carbons (Fsp3) is 0. The Morgan fingerprint density at radius 3 is 0.667 bits per heavy atom. The van der Waals surface area contributed by atoms with Crippen LogP contribution >= 0.6 is 0 Å². The van der Waals surface area contributed by atoms with Gasteiger partial charge in [0, 0.05) is 17.1 Å². The van der Waals surface area contributed by atoms with Crippen molar-refractivity contribution < 1.29 is 79.2 Å². The van der Waals surface area contributed by atoms with Gasteiger partial charge in [-0.05, 0) is 0 Å². The summed E-state index contributed by atoms with van der Waals surface area (Å²) in [7, 11) is 0. The van der Waals surface area contributed by atoms with E-state index in [4.69, 9.17) is 0 Å². The van der Waals surface area contributed by atoms with Crippen LogP contribution in [-0.4, -0.2) is 0 Å². The predicted molar refractivity (Wildman–Crippen MR) is 1.37 cm³/mol. The van der Waals surface area contributed by atoms with Crippen LogP contribution in [0.1, 0.15) is 0 Å². The normalized spacial score (nSPS) is 0. The molecule has 0 saturated carbocycles. The van der Waals surface area contributed by atoms with Crippen LogP contribution in [-0.2, 0) is 79.2 Å². The molecule has 6 heavy (non-hydrogen) atoms. The Labute approximate surface area is 78.7 Å². The van der Waals surface area contributed by atoms with Crippen LogP contribution in [0, 0.1) is 0 Å². The molecule has 0 bridgehead atoms. The molecule has 0 spiro atoms. The molecular weight excluding hydrogens is 286 g/mol. The summed E-state index contributed by atoms with van der Waals surface area (Å²) >= 11 is 0. The maximum atomic E-state index is 0. The minimum absolute atomic E-state index is 0. The van der Waals surface area contributed by atoms with Gasteiger partial charge in [-0.25, -0.2) is 0 Å². The molecule has 0 aromatic heterocycles. The van der Waals surface area contributed by atoms with Crippen LogP contribution in [0.5, 0.6) is 0 Å². The standard InChI is InChI=1S/4Cu.2O/q;2*+1;+2;2*-2. The van der Waals surface area contributed by atoms with Gasteiger partial charge in [-0.1, -0.05) is 0 Å². The summed E-state index contributed by atoms with van der Waals surface area (Å²) in [4.78, 5) is 0. The quantitative estimate of drug-likeness (QED) is 0.552. The average Bonchev–Trinajstić information content (AvgIpc) is 0. The molecule has 0 saturated heterocycles. The first kappa shape index (κ1) is 98.1. The van der Waals surface area contributed by atoms with Gasteiger partial charge >= 0.3 is 51.2 Å². The fourth-order valence-corrected chi connectivity index (χ4v) is 0. The Kier molecular flexibility index (Phi) is 1030. The largest absolute Gasteiger partial charge is 2.00 e. The van der Waals surface area contributed by atoms with Crippen molar-refractivity contribution >= 4 is 0 Å². The Bertz CT molecular complexity index is 5.51. The molecule has 2 radical (unpaired) electrons. The Balaban J connectivity index is 0. The molecular formula is Cu4O2. The van der Waals surface area contributed by atoms with Crippen molar-refractivity contribution in [3.8, 4) is 0 Å². The number of hydrogen-bond donors (Lipinski definition) is 0. The van der Waals surface area contributed by atoms with Crippen molar-refractivity contribution in [2.24, 2.45) is 0 Å². The first-order valence-corrected chi connectivity index (χ1v) is 0. The van der Waals surface area contributed by atoms with Crippen LogP contribution in [0.2, 0.25) is 0 Å². The smallest absolute Gasteiger partial charge is 2.00 e. The molecule has 0 atom stereocenters. The molecule has 0 aliphatic carbocycles. The molecule has 0 aliphatic rings. The maximum absolute atomic E-state index is 0. The molecule has 0 amide bonds. The van der Waals surface area contributed by atoms with E-state index >= 15 is 0 Å². The molecule has 6 heteroatoms. The summed E-state index contributed by atoms with van der Waals surface area (Å²) in [6.45, 7) is 0. The first-order chi connectivity index (χ1) is 0. The summed E-state index contributed by atoms with van der Waals surface area (Å²) in [6, 6.07) is 0. The molecule has 0 aromatic carbocycles. The minimum atomic E-state index is 0. The van der Waals surface area contributed by atoms with E-state index in [-0.39, 0.29) is 79.2 Å². The molecule has 0 aromatic rings. The Morgan fingerprint density at radius 1 is 0.667 bits per heavy atom. The van der Waals surface area contributed by atoms with Crippen molar-refractivity contribution in [3.63, 3.8) is 0 Å². The van der Waals surface area contributed by atoms with Gasteiger partial charge < -0.3 is 11.0 Å². The van der Waals surface area contributed by atoms with Crippen molar-refractivity contribution in [1.82, 2.24) is 0 Å². The minimum Gasteiger partial charge on any atom is -2.00 e. The van der Waals surface area contributed by atoms with E-state index in [9.17, 15) is 0 Å². The summed E-state index contributed by atoms with van der Waals surface area (Å²) in [5, 5.41) is 0. The van der Waals surface area contributed by atoms with Gasteiger partial charge in [0.15, 0.2) is 0 Å². The van der Waals surface area contributed by atoms with E-state index < -0.39 is 0 Å². The van der Waals surface area contributed by atoms with Crippen LogP contribution in [0.15, 0.2) is 0 Å². The third kappa shape index (κ3) is 37.5. The topological polar surface area (TPSA) is 57.0 Å². The molecule has 0 fully saturated rings. The fourth-order valence-electron chi connectivity index (χ4n) is 0. The molecule has 0 heterocycles. The Hall–Kier alpha value is 2.00. The summed E-state index contributed by atoms with van der Waals surface area (Å²) in [6.07, 6.45) is 0. The van der Waals surface area contributed by atoms with Gasteiger partial charge in [-0.3, -0.25) is 0 Å². The van der Waals surface area contributed by atoms with E-state index in [1.165, 1.54) is 0 Å². The van der Waals surface area contributed by atoms with Gasteiger partial charge in [0.1, 0.15) is 0 Å². The third-order valence-corrected chi connectivity index (χ3v) is 0. The molecule has 0 rings (SSSR count). The molecule has 2 nitrogen and oxygen atoms in total. The first-order valence-electron chi connectivity index (χ1n) is 0. The molecule has 0 aliphatic heterocycles. The zero-order chi connectivity index (χ0) is 0. The monoisotopic (exact) mass is 284 g/mol. The maximum Gasteiger partial charge on any atom is 2.00 e. The number of rotatable bonds is 0. The molecule has 0 unspecified atom stereocenters. The van der Waals surface area contributed by atoms with E-state index in [0.29, 0.717) is 0 Å². The van der Waals surface area contributed by atoms with Crippen LogP contribution in [0.3, 0.4) is 0 Å². The third-order valence-electron chi connectivity index (χ3n) is 0. The van der Waals surface area contributed by atoms with Gasteiger partial charge in [-0.2, -0.15) is 0 Å². The van der Waals surface area contributed by atoms with Crippen molar-refractivity contribution in [3.05, 3.63) is 0 Å². The van der Waals surface area contributed by atoms with Crippen molar-refractivity contribution in [1.29, 1.82) is 0 Å². The summed E-state index contributed by atoms with van der Waals surface area (Å²) < 4.78 is 0. The summed E-state index contributed by atoms with van der Waals surface area (Å²) in [5.74, 6) is 0. The van der Waals surface area contributed by atoms with Gasteiger partial charge in [-0.15, -0.1) is 0 Å².